The van der Waals surface area contributed by atoms with E-state index in [1.54, 1.807) is 0 Å². The van der Waals surface area contributed by atoms with Gasteiger partial charge in [-0.3, -0.25) is 0 Å². The number of hydrogen-bond acceptors (Lipinski definition) is 3. The molecule has 0 aromatic heterocycles. The van der Waals surface area contributed by atoms with Crippen LogP contribution in [0.2, 0.25) is 0 Å². The van der Waals surface area contributed by atoms with Crippen LogP contribution in [0.25, 0.3) is 0 Å². The van der Waals surface area contributed by atoms with Crippen LogP contribution in [0.5, 0.6) is 5.75 Å². The molecule has 0 radical (unpaired) electrons. The first kappa shape index (κ1) is 16.3. The molecule has 21 heavy (non-hydrogen) atoms. The van der Waals surface area contributed by atoms with Gasteiger partial charge in [0, 0.05) is 21.2 Å². The Bertz CT molecular complexity index is 605. The highest BCUT2D eigenvalue weighted by molar-refractivity contribution is 9.11. The van der Waals surface area contributed by atoms with Crippen molar-refractivity contribution in [2.45, 2.75) is 13.0 Å². The van der Waals surface area contributed by atoms with Crippen LogP contribution in [0.3, 0.4) is 0 Å². The van der Waals surface area contributed by atoms with Crippen molar-refractivity contribution in [3.05, 3.63) is 57.0 Å². The molecule has 5 heteroatoms. The number of aliphatic hydroxyl groups is 1. The predicted molar refractivity (Wildman–Crippen MR) is 93.0 cm³/mol. The largest absolute Gasteiger partial charge is 0.491 e. The fourth-order valence-electron chi connectivity index (χ4n) is 1.82. The molecular weight excluding hydrogens is 398 g/mol. The van der Waals surface area contributed by atoms with Gasteiger partial charge in [-0.1, -0.05) is 28.1 Å². The second kappa shape index (κ2) is 7.82. The van der Waals surface area contributed by atoms with Gasteiger partial charge < -0.3 is 15.2 Å². The second-order valence-electron chi connectivity index (χ2n) is 4.79. The van der Waals surface area contributed by atoms with Crippen molar-refractivity contribution in [3.8, 4) is 5.75 Å². The molecule has 1 atom stereocenters. The Morgan fingerprint density at radius 2 is 2.00 bits per heavy atom. The van der Waals surface area contributed by atoms with Crippen LogP contribution in [-0.4, -0.2) is 24.4 Å². The summed E-state index contributed by atoms with van der Waals surface area (Å²) in [5.41, 5.74) is 2.07. The molecule has 0 fully saturated rings. The smallest absolute Gasteiger partial charge is 0.119 e. The van der Waals surface area contributed by atoms with E-state index in [1.165, 1.54) is 0 Å². The number of rotatable bonds is 6. The van der Waals surface area contributed by atoms with Crippen molar-refractivity contribution >= 4 is 37.5 Å². The molecule has 2 N–H and O–H groups in total. The SMILES string of the molecule is Cc1cccc(OCC(O)CNc2cc(Br)ccc2Br)c1. The maximum atomic E-state index is 9.99. The number of aryl methyl sites for hydroxylation is 1. The molecule has 3 nitrogen and oxygen atoms in total. The summed E-state index contributed by atoms with van der Waals surface area (Å²) >= 11 is 6.89. The molecule has 2 aromatic carbocycles. The van der Waals surface area contributed by atoms with E-state index in [0.717, 1.165) is 25.9 Å². The molecule has 0 bridgehead atoms. The Morgan fingerprint density at radius 1 is 1.19 bits per heavy atom. The summed E-state index contributed by atoms with van der Waals surface area (Å²) in [6, 6.07) is 13.6. The minimum atomic E-state index is -0.587. The molecule has 0 aliphatic rings. The molecule has 0 spiro atoms. The maximum absolute atomic E-state index is 9.99. The van der Waals surface area contributed by atoms with E-state index in [0.29, 0.717) is 6.54 Å². The molecule has 2 aromatic rings. The monoisotopic (exact) mass is 413 g/mol. The standard InChI is InChI=1S/C16H17Br2NO2/c1-11-3-2-4-14(7-11)21-10-13(20)9-19-16-8-12(17)5-6-15(16)18/h2-8,13,19-20H,9-10H2,1H3. The fraction of sp³-hybridized carbons (Fsp3) is 0.250. The van der Waals surface area contributed by atoms with Gasteiger partial charge in [0.25, 0.3) is 0 Å². The number of anilines is 1. The topological polar surface area (TPSA) is 41.5 Å². The third-order valence-electron chi connectivity index (χ3n) is 2.89. The highest BCUT2D eigenvalue weighted by Gasteiger charge is 2.07. The lowest BCUT2D eigenvalue weighted by atomic mass is 10.2. The van der Waals surface area contributed by atoms with Crippen LogP contribution >= 0.6 is 31.9 Å². The Morgan fingerprint density at radius 3 is 2.76 bits per heavy atom. The van der Waals surface area contributed by atoms with Gasteiger partial charge in [0.05, 0.1) is 0 Å². The number of nitrogens with one attached hydrogen (secondary N) is 1. The lowest BCUT2D eigenvalue weighted by Crippen LogP contribution is -2.26. The van der Waals surface area contributed by atoms with Crippen LogP contribution in [0, 0.1) is 6.92 Å². The van der Waals surface area contributed by atoms with Crippen molar-refractivity contribution in [3.63, 3.8) is 0 Å². The van der Waals surface area contributed by atoms with Gasteiger partial charge in [0.2, 0.25) is 0 Å². The Hall–Kier alpha value is -1.04. The van der Waals surface area contributed by atoms with E-state index < -0.39 is 6.10 Å². The number of hydrogen-bond donors (Lipinski definition) is 2. The summed E-state index contributed by atoms with van der Waals surface area (Å²) in [5, 5.41) is 13.2. The van der Waals surface area contributed by atoms with E-state index in [-0.39, 0.29) is 6.61 Å². The van der Waals surface area contributed by atoms with Gasteiger partial charge in [-0.15, -0.1) is 0 Å². The molecule has 0 saturated heterocycles. The second-order valence-corrected chi connectivity index (χ2v) is 6.56. The van der Waals surface area contributed by atoms with Crippen molar-refractivity contribution in [2.75, 3.05) is 18.5 Å². The summed E-state index contributed by atoms with van der Waals surface area (Å²) in [6.07, 6.45) is -0.587. The molecule has 0 saturated carbocycles. The Balaban J connectivity index is 1.82. The van der Waals surface area contributed by atoms with Crippen molar-refractivity contribution in [1.82, 2.24) is 0 Å². The van der Waals surface area contributed by atoms with Gasteiger partial charge in [0.15, 0.2) is 0 Å². The molecule has 0 amide bonds. The Labute approximate surface area is 141 Å². The van der Waals surface area contributed by atoms with Gasteiger partial charge in [-0.05, 0) is 58.7 Å². The minimum Gasteiger partial charge on any atom is -0.491 e. The molecule has 2 rings (SSSR count). The lowest BCUT2D eigenvalue weighted by molar-refractivity contribution is 0.117. The van der Waals surface area contributed by atoms with Crippen LogP contribution in [0.4, 0.5) is 5.69 Å². The first-order chi connectivity index (χ1) is 10.0. The average molecular weight is 415 g/mol. The van der Waals surface area contributed by atoms with Crippen LogP contribution in [0.1, 0.15) is 5.56 Å². The highest BCUT2D eigenvalue weighted by atomic mass is 79.9. The summed E-state index contributed by atoms with van der Waals surface area (Å²) in [5.74, 6) is 0.776. The zero-order valence-electron chi connectivity index (χ0n) is 11.6. The first-order valence-corrected chi connectivity index (χ1v) is 8.19. The van der Waals surface area contributed by atoms with Gasteiger partial charge in [0.1, 0.15) is 18.5 Å². The predicted octanol–water partition coefficient (Wildman–Crippen LogP) is 4.37. The van der Waals surface area contributed by atoms with Crippen molar-refractivity contribution in [2.24, 2.45) is 0 Å². The van der Waals surface area contributed by atoms with Crippen LogP contribution in [-0.2, 0) is 0 Å². The summed E-state index contributed by atoms with van der Waals surface area (Å²) in [6.45, 7) is 2.68. The normalized spacial score (nSPS) is 12.0. The van der Waals surface area contributed by atoms with Gasteiger partial charge >= 0.3 is 0 Å². The molecule has 1 unspecified atom stereocenters. The highest BCUT2D eigenvalue weighted by Crippen LogP contribution is 2.26. The van der Waals surface area contributed by atoms with Gasteiger partial charge in [-0.2, -0.15) is 0 Å². The van der Waals surface area contributed by atoms with E-state index in [2.05, 4.69) is 37.2 Å². The maximum Gasteiger partial charge on any atom is 0.119 e. The van der Waals surface area contributed by atoms with E-state index >= 15 is 0 Å². The van der Waals surface area contributed by atoms with Crippen molar-refractivity contribution < 1.29 is 9.84 Å². The molecular formula is C16H17Br2NO2. The third kappa shape index (κ3) is 5.34. The summed E-state index contributed by atoms with van der Waals surface area (Å²) < 4.78 is 7.52. The van der Waals surface area contributed by atoms with E-state index in [9.17, 15) is 5.11 Å². The van der Waals surface area contributed by atoms with Crippen molar-refractivity contribution in [1.29, 1.82) is 0 Å². The van der Waals surface area contributed by atoms with E-state index in [4.69, 9.17) is 4.74 Å². The van der Waals surface area contributed by atoms with Crippen LogP contribution in [0.15, 0.2) is 51.4 Å². The average Bonchev–Trinajstić information content (AvgIpc) is 2.46. The Kier molecular flexibility index (Phi) is 6.08. The number of halogens is 2. The van der Waals surface area contributed by atoms with Crippen LogP contribution < -0.4 is 10.1 Å². The lowest BCUT2D eigenvalue weighted by Gasteiger charge is -2.15. The zero-order valence-corrected chi connectivity index (χ0v) is 14.8. The fourth-order valence-corrected chi connectivity index (χ4v) is 2.57. The van der Waals surface area contributed by atoms with E-state index in [1.807, 2.05) is 49.4 Å². The molecule has 112 valence electrons. The molecule has 0 aliphatic heterocycles. The molecule has 0 heterocycles. The summed E-state index contributed by atoms with van der Waals surface area (Å²) in [7, 11) is 0. The number of benzene rings is 2. The first-order valence-electron chi connectivity index (χ1n) is 6.61. The number of ether oxygens (including phenoxy) is 1. The quantitative estimate of drug-likeness (QED) is 0.737. The van der Waals surface area contributed by atoms with Gasteiger partial charge in [-0.25, -0.2) is 0 Å². The third-order valence-corrected chi connectivity index (χ3v) is 4.07. The summed E-state index contributed by atoms with van der Waals surface area (Å²) in [4.78, 5) is 0. The zero-order chi connectivity index (χ0) is 15.2. The minimum absolute atomic E-state index is 0.252. The number of aliphatic hydroxyl groups excluding tert-OH is 1. The molecule has 0 aliphatic carbocycles.